The molecule has 5 heteroatoms. The summed E-state index contributed by atoms with van der Waals surface area (Å²) < 4.78 is 19.2. The molecule has 0 spiro atoms. The lowest BCUT2D eigenvalue weighted by atomic mass is 10.2. The van der Waals surface area contributed by atoms with Crippen LogP contribution in [-0.4, -0.2) is 31.0 Å². The van der Waals surface area contributed by atoms with Gasteiger partial charge in [-0.15, -0.1) is 0 Å². The Morgan fingerprint density at radius 1 is 1.24 bits per heavy atom. The molecule has 2 aromatic rings. The lowest BCUT2D eigenvalue weighted by Crippen LogP contribution is -2.31. The Morgan fingerprint density at radius 2 is 2.00 bits per heavy atom. The summed E-state index contributed by atoms with van der Waals surface area (Å²) in [5.74, 6) is 0.0206. The van der Waals surface area contributed by atoms with Gasteiger partial charge < -0.3 is 9.64 Å². The molecule has 0 unspecified atom stereocenters. The minimum absolute atomic E-state index is 0.0923. The van der Waals surface area contributed by atoms with Crippen molar-refractivity contribution in [2.24, 2.45) is 0 Å². The molecule has 0 aliphatic heterocycles. The average molecular weight is 352 g/mol. The fourth-order valence-electron chi connectivity index (χ4n) is 1.80. The van der Waals surface area contributed by atoms with E-state index >= 15 is 0 Å². The summed E-state index contributed by atoms with van der Waals surface area (Å²) >= 11 is 3.36. The molecule has 0 bridgehead atoms. The highest BCUT2D eigenvalue weighted by Crippen LogP contribution is 2.17. The monoisotopic (exact) mass is 351 g/mol. The van der Waals surface area contributed by atoms with Crippen LogP contribution in [0.4, 0.5) is 4.39 Å². The maximum atomic E-state index is 13.0. The van der Waals surface area contributed by atoms with Crippen LogP contribution in [0.1, 0.15) is 10.4 Å². The largest absolute Gasteiger partial charge is 0.492 e. The molecule has 3 nitrogen and oxygen atoms in total. The van der Waals surface area contributed by atoms with Crippen molar-refractivity contribution in [3.63, 3.8) is 0 Å². The minimum Gasteiger partial charge on any atom is -0.492 e. The summed E-state index contributed by atoms with van der Waals surface area (Å²) in [7, 11) is 1.71. The number of halogens is 2. The van der Waals surface area contributed by atoms with Gasteiger partial charge in [-0.3, -0.25) is 4.79 Å². The Kier molecular flexibility index (Phi) is 5.33. The number of hydrogen-bond donors (Lipinski definition) is 0. The van der Waals surface area contributed by atoms with E-state index in [0.29, 0.717) is 24.5 Å². The van der Waals surface area contributed by atoms with Crippen LogP contribution in [0.25, 0.3) is 0 Å². The second-order valence-electron chi connectivity index (χ2n) is 4.51. The molecule has 0 radical (unpaired) electrons. The topological polar surface area (TPSA) is 29.5 Å². The van der Waals surface area contributed by atoms with E-state index in [-0.39, 0.29) is 11.7 Å². The fraction of sp³-hybridized carbons (Fsp3) is 0.188. The Balaban J connectivity index is 1.89. The smallest absolute Gasteiger partial charge is 0.254 e. The molecule has 21 heavy (non-hydrogen) atoms. The van der Waals surface area contributed by atoms with Crippen LogP contribution >= 0.6 is 15.9 Å². The van der Waals surface area contributed by atoms with Gasteiger partial charge in [0.15, 0.2) is 0 Å². The summed E-state index contributed by atoms with van der Waals surface area (Å²) in [5, 5.41) is 0. The van der Waals surface area contributed by atoms with Crippen LogP contribution in [0.5, 0.6) is 5.75 Å². The van der Waals surface area contributed by atoms with Crippen LogP contribution in [-0.2, 0) is 0 Å². The number of ether oxygens (including phenoxy) is 1. The first kappa shape index (κ1) is 15.5. The zero-order valence-electron chi connectivity index (χ0n) is 11.6. The molecule has 0 atom stereocenters. The molecule has 2 rings (SSSR count). The summed E-state index contributed by atoms with van der Waals surface area (Å²) in [5.41, 5.74) is 0.603. The number of likely N-dealkylation sites (N-methyl/N-ethyl adjacent to an activating group) is 1. The van der Waals surface area contributed by atoms with Crippen molar-refractivity contribution in [1.82, 2.24) is 4.90 Å². The molecule has 110 valence electrons. The van der Waals surface area contributed by atoms with E-state index in [1.54, 1.807) is 30.1 Å². The third-order valence-corrected chi connectivity index (χ3v) is 3.63. The van der Waals surface area contributed by atoms with Crippen molar-refractivity contribution in [2.45, 2.75) is 0 Å². The minimum atomic E-state index is -0.342. The lowest BCUT2D eigenvalue weighted by molar-refractivity contribution is 0.0773. The Morgan fingerprint density at radius 3 is 2.71 bits per heavy atom. The summed E-state index contributed by atoms with van der Waals surface area (Å²) in [6.45, 7) is 0.715. The highest BCUT2D eigenvalue weighted by Gasteiger charge is 2.14. The van der Waals surface area contributed by atoms with Crippen molar-refractivity contribution in [1.29, 1.82) is 0 Å². The predicted molar refractivity (Wildman–Crippen MR) is 83.0 cm³/mol. The number of amides is 1. The van der Waals surface area contributed by atoms with Gasteiger partial charge in [-0.25, -0.2) is 4.39 Å². The molecule has 0 saturated heterocycles. The van der Waals surface area contributed by atoms with E-state index < -0.39 is 0 Å². The number of nitrogens with zero attached hydrogens (tertiary/aromatic N) is 1. The van der Waals surface area contributed by atoms with Crippen molar-refractivity contribution >= 4 is 21.8 Å². The van der Waals surface area contributed by atoms with Crippen LogP contribution in [0.15, 0.2) is 53.0 Å². The molecule has 0 fully saturated rings. The van der Waals surface area contributed by atoms with Crippen molar-refractivity contribution < 1.29 is 13.9 Å². The Labute approximate surface area is 131 Å². The highest BCUT2D eigenvalue weighted by molar-refractivity contribution is 9.10. The SMILES string of the molecule is CN(CCOc1cccc(F)c1)C(=O)c1ccccc1Br. The average Bonchev–Trinajstić information content (AvgIpc) is 2.47. The zero-order valence-corrected chi connectivity index (χ0v) is 13.1. The van der Waals surface area contributed by atoms with E-state index in [0.717, 1.165) is 4.47 Å². The van der Waals surface area contributed by atoms with Crippen LogP contribution in [0, 0.1) is 5.82 Å². The van der Waals surface area contributed by atoms with E-state index in [1.165, 1.54) is 12.1 Å². The first-order valence-corrected chi connectivity index (χ1v) is 7.25. The number of carbonyl (C=O) groups excluding carboxylic acids is 1. The van der Waals surface area contributed by atoms with E-state index in [4.69, 9.17) is 4.74 Å². The maximum absolute atomic E-state index is 13.0. The molecule has 0 heterocycles. The van der Waals surface area contributed by atoms with Gasteiger partial charge >= 0.3 is 0 Å². The molecule has 0 saturated carbocycles. The molecule has 0 aliphatic carbocycles. The number of rotatable bonds is 5. The molecule has 1 amide bonds. The summed E-state index contributed by atoms with van der Waals surface area (Å²) in [4.78, 5) is 13.8. The van der Waals surface area contributed by atoms with Gasteiger partial charge in [0.25, 0.3) is 5.91 Å². The molecule has 0 aromatic heterocycles. The van der Waals surface area contributed by atoms with Crippen LogP contribution in [0.3, 0.4) is 0 Å². The van der Waals surface area contributed by atoms with Gasteiger partial charge in [0.05, 0.1) is 12.1 Å². The van der Waals surface area contributed by atoms with E-state index in [1.807, 2.05) is 18.2 Å². The van der Waals surface area contributed by atoms with Gasteiger partial charge in [0.1, 0.15) is 18.2 Å². The Bertz CT molecular complexity index is 633. The molecular weight excluding hydrogens is 337 g/mol. The van der Waals surface area contributed by atoms with Crippen molar-refractivity contribution in [3.8, 4) is 5.75 Å². The third-order valence-electron chi connectivity index (χ3n) is 2.94. The second kappa shape index (κ2) is 7.22. The lowest BCUT2D eigenvalue weighted by Gasteiger charge is -2.18. The fourth-order valence-corrected chi connectivity index (χ4v) is 2.25. The van der Waals surface area contributed by atoms with Gasteiger partial charge in [-0.05, 0) is 40.2 Å². The van der Waals surface area contributed by atoms with Crippen LogP contribution < -0.4 is 4.74 Å². The van der Waals surface area contributed by atoms with Crippen LogP contribution in [0.2, 0.25) is 0 Å². The quantitative estimate of drug-likeness (QED) is 0.821. The van der Waals surface area contributed by atoms with Crippen molar-refractivity contribution in [2.75, 3.05) is 20.2 Å². The standard InChI is InChI=1S/C16H15BrFNO2/c1-19(16(20)14-7-2-3-8-15(14)17)9-10-21-13-6-4-5-12(18)11-13/h2-8,11H,9-10H2,1H3. The zero-order chi connectivity index (χ0) is 15.2. The van der Waals surface area contributed by atoms with E-state index in [9.17, 15) is 9.18 Å². The van der Waals surface area contributed by atoms with Crippen molar-refractivity contribution in [3.05, 3.63) is 64.4 Å². The molecule has 2 aromatic carbocycles. The first-order chi connectivity index (χ1) is 10.1. The summed E-state index contributed by atoms with van der Waals surface area (Å²) in [6, 6.07) is 13.2. The van der Waals surface area contributed by atoms with Gasteiger partial charge in [0, 0.05) is 17.6 Å². The Hall–Kier alpha value is -1.88. The molecule has 0 N–H and O–H groups in total. The van der Waals surface area contributed by atoms with E-state index in [2.05, 4.69) is 15.9 Å². The molecule has 0 aliphatic rings. The number of carbonyl (C=O) groups is 1. The first-order valence-electron chi connectivity index (χ1n) is 6.46. The normalized spacial score (nSPS) is 10.2. The van der Waals surface area contributed by atoms with Gasteiger partial charge in [-0.2, -0.15) is 0 Å². The van der Waals surface area contributed by atoms with Gasteiger partial charge in [0.2, 0.25) is 0 Å². The second-order valence-corrected chi connectivity index (χ2v) is 5.37. The van der Waals surface area contributed by atoms with Gasteiger partial charge in [-0.1, -0.05) is 18.2 Å². The summed E-state index contributed by atoms with van der Waals surface area (Å²) in [6.07, 6.45) is 0. The molecular formula is C16H15BrFNO2. The number of benzene rings is 2. The predicted octanol–water partition coefficient (Wildman–Crippen LogP) is 3.74. The third kappa shape index (κ3) is 4.29. The number of hydrogen-bond acceptors (Lipinski definition) is 2. The maximum Gasteiger partial charge on any atom is 0.254 e. The highest BCUT2D eigenvalue weighted by atomic mass is 79.9.